The van der Waals surface area contributed by atoms with Crippen LogP contribution >= 0.6 is 11.6 Å². The van der Waals surface area contributed by atoms with Gasteiger partial charge in [-0.05, 0) is 18.9 Å². The van der Waals surface area contributed by atoms with Crippen molar-refractivity contribution in [2.75, 3.05) is 6.61 Å². The molecule has 0 saturated heterocycles. The van der Waals surface area contributed by atoms with E-state index in [-0.39, 0.29) is 0 Å². The van der Waals surface area contributed by atoms with Gasteiger partial charge in [0.25, 0.3) is 0 Å². The molecule has 0 amide bonds. The van der Waals surface area contributed by atoms with E-state index in [1.807, 2.05) is 18.2 Å². The Kier molecular flexibility index (Phi) is 7.03. The molecular weight excluding hydrogens is 276 g/mol. The van der Waals surface area contributed by atoms with E-state index in [4.69, 9.17) is 16.3 Å². The summed E-state index contributed by atoms with van der Waals surface area (Å²) in [5, 5.41) is 9.47. The molecule has 4 heteroatoms. The van der Waals surface area contributed by atoms with Crippen LogP contribution < -0.4 is 0 Å². The van der Waals surface area contributed by atoms with Crippen molar-refractivity contribution >= 4 is 17.6 Å². The Morgan fingerprint density at radius 3 is 2.55 bits per heavy atom. The molecule has 0 aliphatic heterocycles. The normalized spacial score (nSPS) is 15.4. The first-order valence-electron chi connectivity index (χ1n) is 7.08. The summed E-state index contributed by atoms with van der Waals surface area (Å²) in [7, 11) is 0. The van der Waals surface area contributed by atoms with Crippen LogP contribution in [0.15, 0.2) is 30.3 Å². The van der Waals surface area contributed by atoms with Gasteiger partial charge in [0, 0.05) is 0 Å². The Hall–Kier alpha value is -1.06. The number of carbonyl (C=O) groups is 1. The number of benzene rings is 1. The number of halogens is 1. The molecule has 0 heterocycles. The van der Waals surface area contributed by atoms with Crippen LogP contribution in [0, 0.1) is 0 Å². The molecule has 3 nitrogen and oxygen atoms in total. The zero-order valence-corrected chi connectivity index (χ0v) is 12.9. The molecule has 2 atom stereocenters. The van der Waals surface area contributed by atoms with Gasteiger partial charge in [-0.25, -0.2) is 4.79 Å². The van der Waals surface area contributed by atoms with Gasteiger partial charge in [-0.2, -0.15) is 0 Å². The van der Waals surface area contributed by atoms with Gasteiger partial charge >= 0.3 is 5.97 Å². The minimum Gasteiger partial charge on any atom is -0.464 e. The van der Waals surface area contributed by atoms with Crippen LogP contribution in [-0.4, -0.2) is 23.3 Å². The van der Waals surface area contributed by atoms with E-state index in [2.05, 4.69) is 6.92 Å². The average molecular weight is 299 g/mol. The van der Waals surface area contributed by atoms with Crippen molar-refractivity contribution in [2.24, 2.45) is 0 Å². The van der Waals surface area contributed by atoms with Crippen molar-refractivity contribution in [1.82, 2.24) is 0 Å². The summed E-state index contributed by atoms with van der Waals surface area (Å²) >= 11 is 6.20. The third-order valence-electron chi connectivity index (χ3n) is 3.23. The van der Waals surface area contributed by atoms with E-state index in [9.17, 15) is 9.90 Å². The highest BCUT2D eigenvalue weighted by Gasteiger charge is 2.40. The van der Waals surface area contributed by atoms with Gasteiger partial charge in [0.2, 0.25) is 0 Å². The number of hydrogen-bond donors (Lipinski definition) is 1. The lowest BCUT2D eigenvalue weighted by molar-refractivity contribution is -0.164. The summed E-state index contributed by atoms with van der Waals surface area (Å²) < 4.78 is 5.12. The highest BCUT2D eigenvalue weighted by molar-refractivity contribution is 6.23. The van der Waals surface area contributed by atoms with Crippen LogP contribution in [0.5, 0.6) is 0 Å². The fourth-order valence-corrected chi connectivity index (χ4v) is 2.12. The quantitative estimate of drug-likeness (QED) is 0.450. The predicted octanol–water partition coefficient (Wildman–Crippen LogP) is 3.84. The summed E-state index contributed by atoms with van der Waals surface area (Å²) in [5.74, 6) is -0.669. The van der Waals surface area contributed by atoms with Gasteiger partial charge in [-0.3, -0.25) is 0 Å². The molecule has 0 aromatic heterocycles. The predicted molar refractivity (Wildman–Crippen MR) is 80.8 cm³/mol. The first-order chi connectivity index (χ1) is 9.50. The van der Waals surface area contributed by atoms with Crippen LogP contribution in [0.2, 0.25) is 0 Å². The van der Waals surface area contributed by atoms with E-state index in [0.717, 1.165) is 25.7 Å². The third-order valence-corrected chi connectivity index (χ3v) is 3.91. The Labute approximate surface area is 125 Å². The zero-order chi connectivity index (χ0) is 15.0. The molecule has 1 N–H and O–H groups in total. The van der Waals surface area contributed by atoms with E-state index in [1.165, 1.54) is 6.92 Å². The van der Waals surface area contributed by atoms with Crippen LogP contribution in [0.1, 0.15) is 50.5 Å². The van der Waals surface area contributed by atoms with Crippen molar-refractivity contribution in [2.45, 2.75) is 50.5 Å². The Bertz CT molecular complexity index is 403. The van der Waals surface area contributed by atoms with Crippen molar-refractivity contribution in [3.8, 4) is 0 Å². The molecule has 1 rings (SSSR count). The Morgan fingerprint density at radius 2 is 1.95 bits per heavy atom. The van der Waals surface area contributed by atoms with Crippen molar-refractivity contribution < 1.29 is 14.6 Å². The molecule has 0 saturated carbocycles. The second kappa shape index (κ2) is 8.28. The van der Waals surface area contributed by atoms with Gasteiger partial charge in [0.05, 0.1) is 12.0 Å². The number of hydrogen-bond acceptors (Lipinski definition) is 3. The number of ether oxygens (including phenoxy) is 1. The van der Waals surface area contributed by atoms with Crippen LogP contribution in [0.25, 0.3) is 0 Å². The van der Waals surface area contributed by atoms with Gasteiger partial charge in [-0.15, -0.1) is 11.6 Å². The van der Waals surface area contributed by atoms with E-state index in [1.54, 1.807) is 12.1 Å². The van der Waals surface area contributed by atoms with Crippen molar-refractivity contribution in [3.05, 3.63) is 35.9 Å². The highest BCUT2D eigenvalue weighted by atomic mass is 35.5. The largest absolute Gasteiger partial charge is 0.464 e. The van der Waals surface area contributed by atoms with Gasteiger partial charge in [-0.1, -0.05) is 56.5 Å². The number of esters is 1. The molecule has 1 aromatic carbocycles. The van der Waals surface area contributed by atoms with E-state index in [0.29, 0.717) is 12.2 Å². The average Bonchev–Trinajstić information content (AvgIpc) is 2.46. The molecule has 20 heavy (non-hydrogen) atoms. The highest BCUT2D eigenvalue weighted by Crippen LogP contribution is 2.33. The fourth-order valence-electron chi connectivity index (χ4n) is 1.89. The first-order valence-corrected chi connectivity index (χ1v) is 7.52. The molecule has 0 fully saturated rings. The van der Waals surface area contributed by atoms with Gasteiger partial charge in [0.1, 0.15) is 0 Å². The maximum Gasteiger partial charge on any atom is 0.339 e. The SMILES string of the molecule is CCCCCCOC(=O)[C@](C)(O)[C@@H](Cl)c1ccccc1. The molecule has 0 aliphatic carbocycles. The number of unbranched alkanes of at least 4 members (excludes halogenated alkanes) is 3. The molecule has 0 spiro atoms. The van der Waals surface area contributed by atoms with Gasteiger partial charge < -0.3 is 9.84 Å². The van der Waals surface area contributed by atoms with Gasteiger partial charge in [0.15, 0.2) is 5.60 Å². The zero-order valence-electron chi connectivity index (χ0n) is 12.1. The molecule has 0 aliphatic rings. The standard InChI is InChI=1S/C16H23ClO3/c1-3-4-5-9-12-20-15(18)16(2,19)14(17)13-10-7-6-8-11-13/h6-8,10-11,14,19H,3-5,9,12H2,1-2H3/t14-,16+/m0/s1. The van der Waals surface area contributed by atoms with Crippen molar-refractivity contribution in [1.29, 1.82) is 0 Å². The molecule has 0 radical (unpaired) electrons. The lowest BCUT2D eigenvalue weighted by Crippen LogP contribution is -2.41. The van der Waals surface area contributed by atoms with E-state index >= 15 is 0 Å². The summed E-state index contributed by atoms with van der Waals surface area (Å²) in [6.45, 7) is 3.84. The topological polar surface area (TPSA) is 46.5 Å². The summed E-state index contributed by atoms with van der Waals surface area (Å²) in [4.78, 5) is 12.0. The molecular formula is C16H23ClO3. The number of rotatable bonds is 8. The lowest BCUT2D eigenvalue weighted by atomic mass is 9.96. The Balaban J connectivity index is 2.52. The van der Waals surface area contributed by atoms with Crippen LogP contribution in [0.3, 0.4) is 0 Å². The van der Waals surface area contributed by atoms with E-state index < -0.39 is 16.9 Å². The molecule has 112 valence electrons. The maximum atomic E-state index is 12.0. The molecule has 0 unspecified atom stereocenters. The molecule has 0 bridgehead atoms. The Morgan fingerprint density at radius 1 is 1.30 bits per heavy atom. The maximum absolute atomic E-state index is 12.0. The van der Waals surface area contributed by atoms with Crippen LogP contribution in [-0.2, 0) is 9.53 Å². The molecule has 1 aromatic rings. The van der Waals surface area contributed by atoms with Crippen molar-refractivity contribution in [3.63, 3.8) is 0 Å². The second-order valence-electron chi connectivity index (χ2n) is 5.12. The second-order valence-corrected chi connectivity index (χ2v) is 5.55. The first kappa shape index (κ1) is 17.0. The minimum atomic E-state index is -1.73. The van der Waals surface area contributed by atoms with Crippen LogP contribution in [0.4, 0.5) is 0 Å². The lowest BCUT2D eigenvalue weighted by Gasteiger charge is -2.26. The summed E-state index contributed by atoms with van der Waals surface area (Å²) in [6, 6.07) is 9.04. The smallest absolute Gasteiger partial charge is 0.339 e. The summed E-state index contributed by atoms with van der Waals surface area (Å²) in [5.41, 5.74) is -1.03. The minimum absolute atomic E-state index is 0.327. The number of aliphatic hydroxyl groups is 1. The number of alkyl halides is 1. The third kappa shape index (κ3) is 4.80. The number of carbonyl (C=O) groups excluding carboxylic acids is 1. The summed E-state index contributed by atoms with van der Waals surface area (Å²) in [6.07, 6.45) is 4.09. The monoisotopic (exact) mass is 298 g/mol. The fraction of sp³-hybridized carbons (Fsp3) is 0.562.